The molecule has 2 aliphatic rings. The molecule has 2 amide bonds. The minimum absolute atomic E-state index is 0.0372. The summed E-state index contributed by atoms with van der Waals surface area (Å²) in [5.41, 5.74) is 3.85. The third-order valence-corrected chi connectivity index (χ3v) is 5.62. The number of benzene rings is 2. The van der Waals surface area contributed by atoms with Gasteiger partial charge in [0, 0.05) is 26.2 Å². The molecule has 0 spiro atoms. The number of anilines is 2. The number of hydrogen-bond donors (Lipinski definition) is 2. The van der Waals surface area contributed by atoms with Gasteiger partial charge in [-0.25, -0.2) is 0 Å². The van der Waals surface area contributed by atoms with Crippen LogP contribution < -0.4 is 15.5 Å². The Kier molecular flexibility index (Phi) is 6.42. The van der Waals surface area contributed by atoms with Crippen molar-refractivity contribution in [2.45, 2.75) is 26.1 Å². The Bertz CT molecular complexity index is 911. The van der Waals surface area contributed by atoms with Crippen LogP contribution in [0.2, 0.25) is 0 Å². The van der Waals surface area contributed by atoms with Crippen molar-refractivity contribution < 1.29 is 14.3 Å². The SMILES string of the molecule is CC(NCc1ccccc1CN1CCOCC1)C(=O)N1CC(=O)Nc2ccccc21. The Morgan fingerprint density at radius 1 is 1.10 bits per heavy atom. The van der Waals surface area contributed by atoms with Gasteiger partial charge in [-0.2, -0.15) is 0 Å². The van der Waals surface area contributed by atoms with Gasteiger partial charge in [-0.1, -0.05) is 36.4 Å². The van der Waals surface area contributed by atoms with Crippen LogP contribution in [0.25, 0.3) is 0 Å². The van der Waals surface area contributed by atoms with Gasteiger partial charge < -0.3 is 15.4 Å². The molecule has 30 heavy (non-hydrogen) atoms. The summed E-state index contributed by atoms with van der Waals surface area (Å²) in [6.45, 7) is 6.78. The lowest BCUT2D eigenvalue weighted by Gasteiger charge is -2.31. The first kappa shape index (κ1) is 20.5. The van der Waals surface area contributed by atoms with Crippen LogP contribution in [0.3, 0.4) is 0 Å². The summed E-state index contributed by atoms with van der Waals surface area (Å²) in [6.07, 6.45) is 0. The number of nitrogens with zero attached hydrogens (tertiary/aromatic N) is 2. The summed E-state index contributed by atoms with van der Waals surface area (Å²) < 4.78 is 5.44. The van der Waals surface area contributed by atoms with E-state index in [1.807, 2.05) is 37.3 Å². The highest BCUT2D eigenvalue weighted by atomic mass is 16.5. The van der Waals surface area contributed by atoms with Crippen molar-refractivity contribution in [3.05, 3.63) is 59.7 Å². The molecule has 7 nitrogen and oxygen atoms in total. The van der Waals surface area contributed by atoms with Crippen LogP contribution in [0.5, 0.6) is 0 Å². The average Bonchev–Trinajstić information content (AvgIpc) is 2.78. The molecule has 1 saturated heterocycles. The highest BCUT2D eigenvalue weighted by Crippen LogP contribution is 2.29. The molecule has 0 aliphatic carbocycles. The molecule has 158 valence electrons. The number of nitrogens with one attached hydrogen (secondary N) is 2. The summed E-state index contributed by atoms with van der Waals surface area (Å²) in [4.78, 5) is 29.1. The van der Waals surface area contributed by atoms with E-state index in [0.717, 1.165) is 38.5 Å². The van der Waals surface area contributed by atoms with Gasteiger partial charge >= 0.3 is 0 Å². The Balaban J connectivity index is 1.41. The molecule has 0 saturated carbocycles. The average molecular weight is 409 g/mol. The fourth-order valence-electron chi connectivity index (χ4n) is 3.90. The van der Waals surface area contributed by atoms with Crippen LogP contribution in [-0.2, 0) is 27.4 Å². The molecular weight excluding hydrogens is 380 g/mol. The minimum atomic E-state index is -0.416. The molecule has 4 rings (SSSR count). The zero-order chi connectivity index (χ0) is 20.9. The number of rotatable bonds is 6. The van der Waals surface area contributed by atoms with Gasteiger partial charge in [0.05, 0.1) is 30.6 Å². The second-order valence-electron chi connectivity index (χ2n) is 7.75. The minimum Gasteiger partial charge on any atom is -0.379 e. The monoisotopic (exact) mass is 408 g/mol. The van der Waals surface area contributed by atoms with Crippen LogP contribution in [0.4, 0.5) is 11.4 Å². The van der Waals surface area contributed by atoms with Crippen molar-refractivity contribution in [2.75, 3.05) is 43.1 Å². The summed E-state index contributed by atoms with van der Waals surface area (Å²) in [5.74, 6) is -0.284. The van der Waals surface area contributed by atoms with E-state index in [1.165, 1.54) is 11.1 Å². The lowest BCUT2D eigenvalue weighted by molar-refractivity contribution is -0.123. The first-order valence-corrected chi connectivity index (χ1v) is 10.4. The Labute approximate surface area is 177 Å². The number of carbonyl (C=O) groups excluding carboxylic acids is 2. The first-order chi connectivity index (χ1) is 14.6. The van der Waals surface area contributed by atoms with Crippen molar-refractivity contribution in [3.63, 3.8) is 0 Å². The zero-order valence-corrected chi connectivity index (χ0v) is 17.3. The van der Waals surface area contributed by atoms with Crippen LogP contribution in [-0.4, -0.2) is 55.6 Å². The van der Waals surface area contributed by atoms with E-state index < -0.39 is 6.04 Å². The van der Waals surface area contributed by atoms with Gasteiger partial charge in [-0.05, 0) is 30.2 Å². The lowest BCUT2D eigenvalue weighted by Crippen LogP contribution is -2.49. The number of amides is 2. The molecule has 2 aromatic carbocycles. The normalized spacial score (nSPS) is 17.9. The molecule has 7 heteroatoms. The number of hydrogen-bond acceptors (Lipinski definition) is 5. The number of para-hydroxylation sites is 2. The van der Waals surface area contributed by atoms with Gasteiger partial charge in [0.1, 0.15) is 6.54 Å². The van der Waals surface area contributed by atoms with Crippen LogP contribution in [0.1, 0.15) is 18.1 Å². The highest BCUT2D eigenvalue weighted by molar-refractivity contribution is 6.11. The Hall–Kier alpha value is -2.74. The fraction of sp³-hybridized carbons (Fsp3) is 0.391. The van der Waals surface area contributed by atoms with Crippen LogP contribution >= 0.6 is 0 Å². The predicted octanol–water partition coefficient (Wildman–Crippen LogP) is 1.98. The van der Waals surface area contributed by atoms with Crippen molar-refractivity contribution >= 4 is 23.2 Å². The molecule has 0 radical (unpaired) electrons. The van der Waals surface area contributed by atoms with E-state index in [2.05, 4.69) is 33.7 Å². The molecule has 2 heterocycles. The maximum Gasteiger partial charge on any atom is 0.244 e. The van der Waals surface area contributed by atoms with E-state index in [9.17, 15) is 9.59 Å². The molecule has 1 atom stereocenters. The standard InChI is InChI=1S/C23H28N4O3/c1-17(23(29)27-16-22(28)25-20-8-4-5-9-21(20)27)24-14-18-6-2-3-7-19(18)15-26-10-12-30-13-11-26/h2-9,17,24H,10-16H2,1H3,(H,25,28). The molecular formula is C23H28N4O3. The molecule has 2 aromatic rings. The summed E-state index contributed by atoms with van der Waals surface area (Å²) in [7, 11) is 0. The Morgan fingerprint density at radius 2 is 1.80 bits per heavy atom. The number of carbonyl (C=O) groups is 2. The molecule has 0 bridgehead atoms. The summed E-state index contributed by atoms with van der Waals surface area (Å²) in [6, 6.07) is 15.3. The van der Waals surface area contributed by atoms with E-state index in [1.54, 1.807) is 4.90 Å². The smallest absolute Gasteiger partial charge is 0.244 e. The van der Waals surface area contributed by atoms with Crippen molar-refractivity contribution in [1.29, 1.82) is 0 Å². The van der Waals surface area contributed by atoms with Gasteiger partial charge in [0.15, 0.2) is 0 Å². The third kappa shape index (κ3) is 4.70. The first-order valence-electron chi connectivity index (χ1n) is 10.4. The molecule has 1 fully saturated rings. The van der Waals surface area contributed by atoms with E-state index in [0.29, 0.717) is 12.2 Å². The quantitative estimate of drug-likeness (QED) is 0.765. The van der Waals surface area contributed by atoms with Crippen LogP contribution in [0, 0.1) is 0 Å². The van der Waals surface area contributed by atoms with E-state index in [-0.39, 0.29) is 18.4 Å². The van der Waals surface area contributed by atoms with Gasteiger partial charge in [-0.15, -0.1) is 0 Å². The number of morpholine rings is 1. The number of ether oxygens (including phenoxy) is 1. The van der Waals surface area contributed by atoms with Gasteiger partial charge in [-0.3, -0.25) is 19.4 Å². The van der Waals surface area contributed by atoms with E-state index in [4.69, 9.17) is 4.74 Å². The second kappa shape index (κ2) is 9.38. The fourth-order valence-corrected chi connectivity index (χ4v) is 3.90. The van der Waals surface area contributed by atoms with Gasteiger partial charge in [0.25, 0.3) is 0 Å². The topological polar surface area (TPSA) is 73.9 Å². The van der Waals surface area contributed by atoms with Gasteiger partial charge in [0.2, 0.25) is 11.8 Å². The van der Waals surface area contributed by atoms with Crippen LogP contribution in [0.15, 0.2) is 48.5 Å². The molecule has 2 N–H and O–H groups in total. The zero-order valence-electron chi connectivity index (χ0n) is 17.3. The van der Waals surface area contributed by atoms with Crippen molar-refractivity contribution in [1.82, 2.24) is 10.2 Å². The number of fused-ring (bicyclic) bond motifs is 1. The van der Waals surface area contributed by atoms with Crippen molar-refractivity contribution in [3.8, 4) is 0 Å². The van der Waals surface area contributed by atoms with Crippen molar-refractivity contribution in [2.24, 2.45) is 0 Å². The largest absolute Gasteiger partial charge is 0.379 e. The molecule has 0 aromatic heterocycles. The Morgan fingerprint density at radius 3 is 2.60 bits per heavy atom. The maximum absolute atomic E-state index is 13.1. The second-order valence-corrected chi connectivity index (χ2v) is 7.75. The predicted molar refractivity (Wildman–Crippen MR) is 116 cm³/mol. The van der Waals surface area contributed by atoms with E-state index >= 15 is 0 Å². The lowest BCUT2D eigenvalue weighted by atomic mass is 10.1. The summed E-state index contributed by atoms with van der Waals surface area (Å²) in [5, 5.41) is 6.17. The third-order valence-electron chi connectivity index (χ3n) is 5.62. The molecule has 2 aliphatic heterocycles. The maximum atomic E-state index is 13.1. The highest BCUT2D eigenvalue weighted by Gasteiger charge is 2.29. The summed E-state index contributed by atoms with van der Waals surface area (Å²) >= 11 is 0. The molecule has 1 unspecified atom stereocenters.